The maximum atomic E-state index is 11.7. The van der Waals surface area contributed by atoms with Gasteiger partial charge >= 0.3 is 0 Å². The van der Waals surface area contributed by atoms with Crippen LogP contribution in [0.2, 0.25) is 0 Å². The zero-order chi connectivity index (χ0) is 14.4. The number of carbonyl (C=O) groups excluding carboxylic acids is 1. The van der Waals surface area contributed by atoms with Crippen molar-refractivity contribution in [3.8, 4) is 0 Å². The van der Waals surface area contributed by atoms with Crippen molar-refractivity contribution in [3.63, 3.8) is 0 Å². The Labute approximate surface area is 121 Å². The van der Waals surface area contributed by atoms with Gasteiger partial charge in [-0.05, 0) is 44.0 Å². The Morgan fingerprint density at radius 2 is 1.85 bits per heavy atom. The molecule has 4 heteroatoms. The molecule has 0 aliphatic carbocycles. The molecule has 1 aliphatic heterocycles. The van der Waals surface area contributed by atoms with Gasteiger partial charge in [0.2, 0.25) is 5.91 Å². The SMILES string of the molecule is CNCC(=O)N(C)Cc1ccc(N2CCCCC2)cc1. The molecule has 0 spiro atoms. The molecule has 0 bridgehead atoms. The summed E-state index contributed by atoms with van der Waals surface area (Å²) in [5.74, 6) is 0.118. The maximum absolute atomic E-state index is 11.7. The highest BCUT2D eigenvalue weighted by molar-refractivity contribution is 5.77. The minimum absolute atomic E-state index is 0.118. The number of nitrogens with one attached hydrogen (secondary N) is 1. The molecule has 1 aromatic rings. The molecule has 2 rings (SSSR count). The van der Waals surface area contributed by atoms with Gasteiger partial charge in [-0.15, -0.1) is 0 Å². The van der Waals surface area contributed by atoms with Gasteiger partial charge in [0.25, 0.3) is 0 Å². The largest absolute Gasteiger partial charge is 0.372 e. The minimum Gasteiger partial charge on any atom is -0.372 e. The smallest absolute Gasteiger partial charge is 0.236 e. The number of likely N-dealkylation sites (N-methyl/N-ethyl adjacent to an activating group) is 2. The fourth-order valence-electron chi connectivity index (χ4n) is 2.61. The maximum Gasteiger partial charge on any atom is 0.236 e. The van der Waals surface area contributed by atoms with Gasteiger partial charge in [-0.2, -0.15) is 0 Å². The van der Waals surface area contributed by atoms with Gasteiger partial charge < -0.3 is 15.1 Å². The van der Waals surface area contributed by atoms with Crippen molar-refractivity contribution in [3.05, 3.63) is 29.8 Å². The summed E-state index contributed by atoms with van der Waals surface area (Å²) in [6, 6.07) is 8.62. The molecule has 0 atom stereocenters. The molecule has 1 amide bonds. The third kappa shape index (κ3) is 3.97. The summed E-state index contributed by atoms with van der Waals surface area (Å²) in [7, 11) is 3.64. The van der Waals surface area contributed by atoms with E-state index in [9.17, 15) is 4.79 Å². The van der Waals surface area contributed by atoms with Crippen LogP contribution in [-0.2, 0) is 11.3 Å². The van der Waals surface area contributed by atoms with Gasteiger partial charge in [0, 0.05) is 32.4 Å². The molecule has 0 radical (unpaired) electrons. The van der Waals surface area contributed by atoms with Gasteiger partial charge in [0.1, 0.15) is 0 Å². The molecule has 110 valence electrons. The molecule has 1 aliphatic rings. The summed E-state index contributed by atoms with van der Waals surface area (Å²) in [6.07, 6.45) is 3.94. The first-order valence-corrected chi connectivity index (χ1v) is 7.43. The Bertz CT molecular complexity index is 424. The number of carbonyl (C=O) groups is 1. The third-order valence-corrected chi connectivity index (χ3v) is 3.83. The van der Waals surface area contributed by atoms with Crippen molar-refractivity contribution in [1.82, 2.24) is 10.2 Å². The van der Waals surface area contributed by atoms with E-state index in [1.807, 2.05) is 7.05 Å². The van der Waals surface area contributed by atoms with Crippen LogP contribution in [0.1, 0.15) is 24.8 Å². The molecule has 1 aromatic carbocycles. The molecular weight excluding hydrogens is 250 g/mol. The highest BCUT2D eigenvalue weighted by Crippen LogP contribution is 2.20. The molecular formula is C16H25N3O. The lowest BCUT2D eigenvalue weighted by Crippen LogP contribution is -2.33. The number of hydrogen-bond donors (Lipinski definition) is 1. The molecule has 4 nitrogen and oxygen atoms in total. The minimum atomic E-state index is 0.118. The van der Waals surface area contributed by atoms with Crippen molar-refractivity contribution in [2.75, 3.05) is 38.6 Å². The second-order valence-corrected chi connectivity index (χ2v) is 5.49. The Hall–Kier alpha value is -1.55. The van der Waals surface area contributed by atoms with E-state index in [1.54, 1.807) is 11.9 Å². The fraction of sp³-hybridized carbons (Fsp3) is 0.562. The van der Waals surface area contributed by atoms with Gasteiger partial charge in [-0.3, -0.25) is 4.79 Å². The lowest BCUT2D eigenvalue weighted by molar-refractivity contribution is -0.129. The second kappa shape index (κ2) is 7.29. The summed E-state index contributed by atoms with van der Waals surface area (Å²) < 4.78 is 0. The van der Waals surface area contributed by atoms with Crippen LogP contribution in [0.3, 0.4) is 0 Å². The molecule has 1 fully saturated rings. The van der Waals surface area contributed by atoms with Gasteiger partial charge in [-0.25, -0.2) is 0 Å². The number of nitrogens with zero attached hydrogens (tertiary/aromatic N) is 2. The summed E-state index contributed by atoms with van der Waals surface area (Å²) in [5.41, 5.74) is 2.48. The number of benzene rings is 1. The Balaban J connectivity index is 1.92. The van der Waals surface area contributed by atoms with Gasteiger partial charge in [0.05, 0.1) is 6.54 Å². The van der Waals surface area contributed by atoms with Crippen LogP contribution in [-0.4, -0.2) is 44.5 Å². The van der Waals surface area contributed by atoms with Gasteiger partial charge in [0.15, 0.2) is 0 Å². The van der Waals surface area contributed by atoms with E-state index in [1.165, 1.54) is 43.6 Å². The Morgan fingerprint density at radius 1 is 1.20 bits per heavy atom. The Kier molecular flexibility index (Phi) is 5.41. The van der Waals surface area contributed by atoms with Crippen LogP contribution in [0.4, 0.5) is 5.69 Å². The summed E-state index contributed by atoms with van der Waals surface area (Å²) in [5, 5.41) is 2.89. The van der Waals surface area contributed by atoms with Crippen molar-refractivity contribution in [1.29, 1.82) is 0 Å². The number of piperidine rings is 1. The van der Waals surface area contributed by atoms with E-state index < -0.39 is 0 Å². The summed E-state index contributed by atoms with van der Waals surface area (Å²) in [4.78, 5) is 15.9. The molecule has 1 N–H and O–H groups in total. The quantitative estimate of drug-likeness (QED) is 0.891. The number of rotatable bonds is 5. The van der Waals surface area contributed by atoms with Crippen molar-refractivity contribution in [2.45, 2.75) is 25.8 Å². The van der Waals surface area contributed by atoms with Crippen LogP contribution >= 0.6 is 0 Å². The van der Waals surface area contributed by atoms with Crippen molar-refractivity contribution < 1.29 is 4.79 Å². The average molecular weight is 275 g/mol. The second-order valence-electron chi connectivity index (χ2n) is 5.49. The highest BCUT2D eigenvalue weighted by atomic mass is 16.2. The van der Waals surface area contributed by atoms with Crippen LogP contribution in [0.25, 0.3) is 0 Å². The molecule has 0 aromatic heterocycles. The summed E-state index contributed by atoms with van der Waals surface area (Å²) in [6.45, 7) is 3.39. The molecule has 0 unspecified atom stereocenters. The van der Waals surface area contributed by atoms with E-state index in [0.29, 0.717) is 13.1 Å². The predicted octanol–water partition coefficient (Wildman–Crippen LogP) is 1.85. The molecule has 20 heavy (non-hydrogen) atoms. The third-order valence-electron chi connectivity index (χ3n) is 3.83. The van der Waals surface area contributed by atoms with E-state index in [0.717, 1.165) is 0 Å². The van der Waals surface area contributed by atoms with E-state index in [4.69, 9.17) is 0 Å². The zero-order valence-electron chi connectivity index (χ0n) is 12.6. The van der Waals surface area contributed by atoms with Crippen molar-refractivity contribution in [2.24, 2.45) is 0 Å². The van der Waals surface area contributed by atoms with E-state index in [2.05, 4.69) is 34.5 Å². The van der Waals surface area contributed by atoms with Crippen molar-refractivity contribution >= 4 is 11.6 Å². The predicted molar refractivity (Wildman–Crippen MR) is 82.9 cm³/mol. The number of hydrogen-bond acceptors (Lipinski definition) is 3. The first kappa shape index (κ1) is 14.9. The number of anilines is 1. The standard InChI is InChI=1S/C16H25N3O/c1-17-12-16(20)18(2)13-14-6-8-15(9-7-14)19-10-4-3-5-11-19/h6-9,17H,3-5,10-13H2,1-2H3. The van der Waals surface area contributed by atoms with Crippen LogP contribution in [0, 0.1) is 0 Å². The fourth-order valence-corrected chi connectivity index (χ4v) is 2.61. The number of amides is 1. The lowest BCUT2D eigenvalue weighted by atomic mass is 10.1. The first-order chi connectivity index (χ1) is 9.70. The average Bonchev–Trinajstić information content (AvgIpc) is 2.49. The van der Waals surface area contributed by atoms with Crippen LogP contribution in [0.5, 0.6) is 0 Å². The molecule has 1 heterocycles. The van der Waals surface area contributed by atoms with Crippen LogP contribution < -0.4 is 10.2 Å². The molecule has 0 saturated carbocycles. The van der Waals surface area contributed by atoms with E-state index >= 15 is 0 Å². The highest BCUT2D eigenvalue weighted by Gasteiger charge is 2.11. The lowest BCUT2D eigenvalue weighted by Gasteiger charge is -2.29. The van der Waals surface area contributed by atoms with Gasteiger partial charge in [-0.1, -0.05) is 12.1 Å². The zero-order valence-corrected chi connectivity index (χ0v) is 12.6. The summed E-state index contributed by atoms with van der Waals surface area (Å²) >= 11 is 0. The first-order valence-electron chi connectivity index (χ1n) is 7.43. The molecule has 1 saturated heterocycles. The normalized spacial score (nSPS) is 15.2. The Morgan fingerprint density at radius 3 is 2.45 bits per heavy atom. The van der Waals surface area contributed by atoms with Crippen LogP contribution in [0.15, 0.2) is 24.3 Å². The monoisotopic (exact) mass is 275 g/mol. The van der Waals surface area contributed by atoms with E-state index in [-0.39, 0.29) is 5.91 Å². The topological polar surface area (TPSA) is 35.6 Å².